The molecular weight excluding hydrogens is 490 g/mol. The maximum atomic E-state index is 13.9. The van der Waals surface area contributed by atoms with Crippen molar-refractivity contribution in [3.63, 3.8) is 0 Å². The topological polar surface area (TPSA) is 112 Å². The molecule has 9 heteroatoms. The van der Waals surface area contributed by atoms with Gasteiger partial charge in [0.15, 0.2) is 22.8 Å². The molecule has 1 saturated carbocycles. The van der Waals surface area contributed by atoms with Gasteiger partial charge in [-0.25, -0.2) is 0 Å². The molecule has 3 aliphatic carbocycles. The largest absolute Gasteiger partial charge is 0.507 e. The van der Waals surface area contributed by atoms with E-state index in [0.29, 0.717) is 38.3 Å². The SMILES string of the molecule is C/C(=C/C[C@@]12OC(C)(C)[C@@H]3C[C@@H](C=C4C(=O)c5c(O)cccc5O[C@]431)C2=O)COC(=O)CN1CCOCC1. The second-order valence-electron chi connectivity index (χ2n) is 11.5. The van der Waals surface area contributed by atoms with Gasteiger partial charge in [-0.1, -0.05) is 18.2 Å². The third kappa shape index (κ3) is 3.52. The van der Waals surface area contributed by atoms with Crippen LogP contribution in [0, 0.1) is 11.8 Å². The zero-order chi connectivity index (χ0) is 26.9. The maximum Gasteiger partial charge on any atom is 0.320 e. The lowest BCUT2D eigenvalue weighted by Gasteiger charge is -2.56. The summed E-state index contributed by atoms with van der Waals surface area (Å²) >= 11 is 0. The molecule has 4 bridgehead atoms. The van der Waals surface area contributed by atoms with E-state index in [-0.39, 0.29) is 60.1 Å². The van der Waals surface area contributed by atoms with E-state index in [0.717, 1.165) is 5.57 Å². The van der Waals surface area contributed by atoms with Crippen LogP contribution in [-0.4, -0.2) is 83.8 Å². The van der Waals surface area contributed by atoms with Crippen molar-refractivity contribution >= 4 is 17.5 Å². The Labute approximate surface area is 221 Å². The Morgan fingerprint density at radius 1 is 1.24 bits per heavy atom. The highest BCUT2D eigenvalue weighted by Gasteiger charge is 2.81. The van der Waals surface area contributed by atoms with Crippen LogP contribution in [0.1, 0.15) is 44.0 Å². The molecule has 6 aliphatic rings. The molecule has 7 rings (SSSR count). The van der Waals surface area contributed by atoms with Crippen molar-refractivity contribution in [2.24, 2.45) is 11.8 Å². The van der Waals surface area contributed by atoms with Gasteiger partial charge in [0.25, 0.3) is 0 Å². The first-order valence-electron chi connectivity index (χ1n) is 13.2. The number of ketones is 2. The number of esters is 1. The molecule has 2 saturated heterocycles. The number of benzene rings is 1. The van der Waals surface area contributed by atoms with Crippen LogP contribution in [0.5, 0.6) is 11.5 Å². The molecule has 0 aromatic heterocycles. The maximum absolute atomic E-state index is 13.9. The molecule has 1 aromatic carbocycles. The monoisotopic (exact) mass is 523 g/mol. The number of nitrogens with zero attached hydrogens (tertiary/aromatic N) is 1. The quantitative estimate of drug-likeness (QED) is 0.444. The normalized spacial score (nSPS) is 33.3. The predicted molar refractivity (Wildman–Crippen MR) is 135 cm³/mol. The Kier molecular flexibility index (Phi) is 5.83. The van der Waals surface area contributed by atoms with Gasteiger partial charge in [0.2, 0.25) is 0 Å². The van der Waals surface area contributed by atoms with E-state index >= 15 is 0 Å². The highest BCUT2D eigenvalue weighted by atomic mass is 16.6. The van der Waals surface area contributed by atoms with Crippen LogP contribution >= 0.6 is 0 Å². The fraction of sp³-hybridized carbons (Fsp3) is 0.552. The Bertz CT molecular complexity index is 1280. The highest BCUT2D eigenvalue weighted by molar-refractivity contribution is 6.18. The van der Waals surface area contributed by atoms with Crippen molar-refractivity contribution in [3.05, 3.63) is 47.1 Å². The summed E-state index contributed by atoms with van der Waals surface area (Å²) in [5.74, 6) is -1.34. The number of allylic oxidation sites excluding steroid dienone is 1. The first-order valence-corrected chi connectivity index (χ1v) is 13.2. The average Bonchev–Trinajstić information content (AvgIpc) is 3.04. The lowest BCUT2D eigenvalue weighted by molar-refractivity contribution is -0.171. The van der Waals surface area contributed by atoms with Crippen LogP contribution < -0.4 is 4.74 Å². The van der Waals surface area contributed by atoms with E-state index in [1.54, 1.807) is 18.2 Å². The Morgan fingerprint density at radius 3 is 2.76 bits per heavy atom. The van der Waals surface area contributed by atoms with Gasteiger partial charge in [-0.15, -0.1) is 0 Å². The van der Waals surface area contributed by atoms with E-state index in [2.05, 4.69) is 0 Å². The summed E-state index contributed by atoms with van der Waals surface area (Å²) < 4.78 is 24.1. The molecule has 9 nitrogen and oxygen atoms in total. The summed E-state index contributed by atoms with van der Waals surface area (Å²) in [5, 5.41) is 10.4. The molecule has 0 amide bonds. The van der Waals surface area contributed by atoms with E-state index in [1.165, 1.54) is 6.07 Å². The van der Waals surface area contributed by atoms with E-state index in [9.17, 15) is 19.5 Å². The Morgan fingerprint density at radius 2 is 2.00 bits per heavy atom. The van der Waals surface area contributed by atoms with E-state index in [4.69, 9.17) is 18.9 Å². The molecule has 3 fully saturated rings. The number of morpholine rings is 1. The highest BCUT2D eigenvalue weighted by Crippen LogP contribution is 2.67. The van der Waals surface area contributed by atoms with E-state index in [1.807, 2.05) is 31.7 Å². The molecular formula is C29H33NO8. The number of rotatable bonds is 6. The second kappa shape index (κ2) is 8.76. The van der Waals surface area contributed by atoms with Crippen molar-refractivity contribution in [2.45, 2.75) is 50.4 Å². The number of Topliss-reactive ketones (excluding diaryl/α,β-unsaturated/α-hetero) is 2. The number of hydrogen-bond donors (Lipinski definition) is 1. The van der Waals surface area contributed by atoms with Gasteiger partial charge in [0.1, 0.15) is 23.7 Å². The number of ether oxygens (including phenoxy) is 4. The number of phenols is 1. The molecule has 1 aromatic rings. The molecule has 38 heavy (non-hydrogen) atoms. The van der Waals surface area contributed by atoms with Crippen LogP contribution in [0.3, 0.4) is 0 Å². The van der Waals surface area contributed by atoms with Gasteiger partial charge in [-0.3, -0.25) is 19.3 Å². The van der Waals surface area contributed by atoms with Crippen LogP contribution in [0.25, 0.3) is 0 Å². The standard InChI is InChI=1S/C29H33NO8/c1-17(16-36-23(32)15-30-9-11-35-12-10-30)7-8-28-26(34)18-13-19-25(33)24-20(31)5-4-6-21(24)37-29(19,28)22(14-18)27(2,3)38-28/h4-7,13,18,22,31H,8-12,14-16H2,1-3H3/b17-7-/t18-,22+,28+,29-/m1/s1. The molecule has 0 radical (unpaired) electrons. The zero-order valence-electron chi connectivity index (χ0n) is 22.0. The number of fused-ring (bicyclic) bond motifs is 1. The summed E-state index contributed by atoms with van der Waals surface area (Å²) in [4.78, 5) is 42.1. The second-order valence-corrected chi connectivity index (χ2v) is 11.5. The van der Waals surface area contributed by atoms with Crippen molar-refractivity contribution in [1.82, 2.24) is 4.90 Å². The van der Waals surface area contributed by atoms with Crippen molar-refractivity contribution < 1.29 is 38.4 Å². The number of carbonyl (C=O) groups excluding carboxylic acids is 3. The summed E-state index contributed by atoms with van der Waals surface area (Å²) in [6.45, 7) is 8.63. The van der Waals surface area contributed by atoms with Crippen LogP contribution in [0.2, 0.25) is 0 Å². The number of carbonyl (C=O) groups is 3. The number of phenolic OH excluding ortho intramolecular Hbond substituents is 1. The number of aromatic hydroxyl groups is 1. The predicted octanol–water partition coefficient (Wildman–Crippen LogP) is 2.61. The molecule has 1 spiro atoms. The molecule has 3 heterocycles. The average molecular weight is 524 g/mol. The number of hydrogen-bond acceptors (Lipinski definition) is 9. The van der Waals surface area contributed by atoms with Crippen LogP contribution in [0.4, 0.5) is 0 Å². The first kappa shape index (κ1) is 25.3. The molecule has 3 aliphatic heterocycles. The van der Waals surface area contributed by atoms with Crippen LogP contribution in [0.15, 0.2) is 41.5 Å². The summed E-state index contributed by atoms with van der Waals surface area (Å²) in [7, 11) is 0. The molecule has 1 N–H and O–H groups in total. The smallest absolute Gasteiger partial charge is 0.320 e. The van der Waals surface area contributed by atoms with Crippen LogP contribution in [-0.2, 0) is 23.8 Å². The fourth-order valence-corrected chi connectivity index (χ4v) is 7.03. The lowest BCUT2D eigenvalue weighted by atomic mass is 9.51. The van der Waals surface area contributed by atoms with E-state index < -0.39 is 22.7 Å². The van der Waals surface area contributed by atoms with Gasteiger partial charge in [0.05, 0.1) is 25.4 Å². The van der Waals surface area contributed by atoms with Crippen molar-refractivity contribution in [1.29, 1.82) is 0 Å². The van der Waals surface area contributed by atoms with Gasteiger partial charge >= 0.3 is 5.97 Å². The summed E-state index contributed by atoms with van der Waals surface area (Å²) in [5.41, 5.74) is -2.16. The minimum Gasteiger partial charge on any atom is -0.507 e. The Balaban J connectivity index is 1.29. The summed E-state index contributed by atoms with van der Waals surface area (Å²) in [6, 6.07) is 4.74. The molecule has 202 valence electrons. The Hall–Kier alpha value is -3.01. The minimum absolute atomic E-state index is 0.0931. The lowest BCUT2D eigenvalue weighted by Crippen LogP contribution is -2.72. The minimum atomic E-state index is -1.41. The summed E-state index contributed by atoms with van der Waals surface area (Å²) in [6.07, 6.45) is 4.29. The van der Waals surface area contributed by atoms with Crippen molar-refractivity contribution in [3.8, 4) is 11.5 Å². The molecule has 0 unspecified atom stereocenters. The van der Waals surface area contributed by atoms with Gasteiger partial charge in [0, 0.05) is 36.9 Å². The van der Waals surface area contributed by atoms with Gasteiger partial charge < -0.3 is 24.1 Å². The third-order valence-corrected chi connectivity index (χ3v) is 8.76. The molecule has 4 atom stereocenters. The fourth-order valence-electron chi connectivity index (χ4n) is 7.03. The van der Waals surface area contributed by atoms with Gasteiger partial charge in [-0.05, 0) is 44.9 Å². The zero-order valence-corrected chi connectivity index (χ0v) is 22.0. The third-order valence-electron chi connectivity index (χ3n) is 8.76. The first-order chi connectivity index (χ1) is 18.1. The van der Waals surface area contributed by atoms with Crippen molar-refractivity contribution in [2.75, 3.05) is 39.5 Å². The van der Waals surface area contributed by atoms with Gasteiger partial charge in [-0.2, -0.15) is 0 Å².